The number of rotatable bonds is 4. The van der Waals surface area contributed by atoms with Gasteiger partial charge in [-0.05, 0) is 31.7 Å². The summed E-state index contributed by atoms with van der Waals surface area (Å²) in [7, 11) is -2.97. The molecule has 0 saturated carbocycles. The lowest BCUT2D eigenvalue weighted by Crippen LogP contribution is -2.28. The molecule has 0 spiro atoms. The van der Waals surface area contributed by atoms with Crippen molar-refractivity contribution in [1.82, 2.24) is 9.78 Å². The molecular weight excluding hydrogens is 268 g/mol. The normalized spacial score (nSPS) is 22.3. The Bertz CT molecular complexity index is 577. The maximum atomic E-state index is 11.6. The van der Waals surface area contributed by atoms with Gasteiger partial charge in [0.25, 0.3) is 0 Å². The quantitative estimate of drug-likeness (QED) is 0.890. The first-order valence-electron chi connectivity index (χ1n) is 6.34. The molecular formula is C12H18N2O4S. The number of carboxylic acids is 1. The standard InChI is InChI=1S/C12H18N2O4S/c1-9-10(4-5-12(15)16)7-13-14(9)11-3-2-6-19(17,18)8-11/h7,11H,2-6,8H2,1H3,(H,15,16). The molecule has 0 aromatic carbocycles. The second kappa shape index (κ2) is 5.32. The number of hydrogen-bond donors (Lipinski definition) is 1. The van der Waals surface area contributed by atoms with Gasteiger partial charge in [-0.3, -0.25) is 9.48 Å². The fraction of sp³-hybridized carbons (Fsp3) is 0.667. The Morgan fingerprint density at radius 3 is 2.95 bits per heavy atom. The molecule has 0 radical (unpaired) electrons. The molecule has 1 aromatic rings. The van der Waals surface area contributed by atoms with Gasteiger partial charge in [0.15, 0.2) is 9.84 Å². The number of nitrogens with zero attached hydrogens (tertiary/aromatic N) is 2. The Kier molecular flexibility index (Phi) is 3.93. The minimum Gasteiger partial charge on any atom is -0.481 e. The maximum absolute atomic E-state index is 11.6. The molecule has 2 heterocycles. The van der Waals surface area contributed by atoms with Gasteiger partial charge in [-0.1, -0.05) is 0 Å². The van der Waals surface area contributed by atoms with E-state index in [0.717, 1.165) is 17.7 Å². The summed E-state index contributed by atoms with van der Waals surface area (Å²) in [4.78, 5) is 10.6. The fourth-order valence-corrected chi connectivity index (χ4v) is 4.17. The van der Waals surface area contributed by atoms with Crippen LogP contribution in [0.15, 0.2) is 6.20 Å². The Balaban J connectivity index is 2.15. The van der Waals surface area contributed by atoms with Crippen LogP contribution < -0.4 is 0 Å². The van der Waals surface area contributed by atoms with Crippen LogP contribution in [0.25, 0.3) is 0 Å². The molecule has 0 aliphatic carbocycles. The molecule has 1 N–H and O–H groups in total. The lowest BCUT2D eigenvalue weighted by atomic mass is 10.1. The minimum absolute atomic E-state index is 0.0650. The molecule has 1 fully saturated rings. The van der Waals surface area contributed by atoms with E-state index in [-0.39, 0.29) is 24.0 Å². The third kappa shape index (κ3) is 3.34. The van der Waals surface area contributed by atoms with E-state index in [1.165, 1.54) is 0 Å². The lowest BCUT2D eigenvalue weighted by molar-refractivity contribution is -0.136. The summed E-state index contributed by atoms with van der Waals surface area (Å²) in [5.41, 5.74) is 1.76. The lowest BCUT2D eigenvalue weighted by Gasteiger charge is -2.23. The highest BCUT2D eigenvalue weighted by Gasteiger charge is 2.27. The average Bonchev–Trinajstić information content (AvgIpc) is 2.66. The summed E-state index contributed by atoms with van der Waals surface area (Å²) in [5.74, 6) is -0.448. The van der Waals surface area contributed by atoms with Crippen LogP contribution in [0.3, 0.4) is 0 Å². The Labute approximate surface area is 112 Å². The minimum atomic E-state index is -2.97. The molecule has 106 valence electrons. The molecule has 1 aliphatic rings. The van der Waals surface area contributed by atoms with E-state index in [2.05, 4.69) is 5.10 Å². The van der Waals surface area contributed by atoms with Crippen LogP contribution in [0.1, 0.15) is 36.6 Å². The van der Waals surface area contributed by atoms with Gasteiger partial charge in [0.05, 0.1) is 23.7 Å². The van der Waals surface area contributed by atoms with E-state index in [1.807, 2.05) is 6.92 Å². The molecule has 7 heteroatoms. The maximum Gasteiger partial charge on any atom is 0.303 e. The highest BCUT2D eigenvalue weighted by Crippen LogP contribution is 2.25. The van der Waals surface area contributed by atoms with E-state index >= 15 is 0 Å². The predicted octanol–water partition coefficient (Wildman–Crippen LogP) is 0.958. The third-order valence-electron chi connectivity index (χ3n) is 3.54. The Morgan fingerprint density at radius 2 is 2.32 bits per heavy atom. The number of hydrogen-bond acceptors (Lipinski definition) is 4. The first-order valence-corrected chi connectivity index (χ1v) is 8.16. The number of sulfone groups is 1. The molecule has 0 bridgehead atoms. The van der Waals surface area contributed by atoms with Crippen LogP contribution in [0.2, 0.25) is 0 Å². The van der Waals surface area contributed by atoms with Crippen LogP contribution in [0.4, 0.5) is 0 Å². The topological polar surface area (TPSA) is 89.3 Å². The zero-order valence-electron chi connectivity index (χ0n) is 10.9. The van der Waals surface area contributed by atoms with Crippen molar-refractivity contribution in [2.24, 2.45) is 0 Å². The van der Waals surface area contributed by atoms with E-state index in [0.29, 0.717) is 12.8 Å². The zero-order valence-corrected chi connectivity index (χ0v) is 11.7. The van der Waals surface area contributed by atoms with Gasteiger partial charge in [0.2, 0.25) is 0 Å². The highest BCUT2D eigenvalue weighted by molar-refractivity contribution is 7.91. The molecule has 1 atom stereocenters. The van der Waals surface area contributed by atoms with Gasteiger partial charge < -0.3 is 5.11 Å². The first-order chi connectivity index (χ1) is 8.89. The number of aryl methyl sites for hydroxylation is 1. The molecule has 1 unspecified atom stereocenters. The van der Waals surface area contributed by atoms with Crippen molar-refractivity contribution in [3.8, 4) is 0 Å². The van der Waals surface area contributed by atoms with Crippen molar-refractivity contribution in [2.75, 3.05) is 11.5 Å². The molecule has 0 amide bonds. The second-order valence-corrected chi connectivity index (χ2v) is 7.23. The van der Waals surface area contributed by atoms with E-state index in [4.69, 9.17) is 5.11 Å². The SMILES string of the molecule is Cc1c(CCC(=O)O)cnn1C1CCCS(=O)(=O)C1. The highest BCUT2D eigenvalue weighted by atomic mass is 32.2. The molecule has 1 aliphatic heterocycles. The van der Waals surface area contributed by atoms with Gasteiger partial charge in [0, 0.05) is 12.1 Å². The van der Waals surface area contributed by atoms with Gasteiger partial charge in [-0.2, -0.15) is 5.10 Å². The monoisotopic (exact) mass is 286 g/mol. The molecule has 19 heavy (non-hydrogen) atoms. The molecule has 2 rings (SSSR count). The van der Waals surface area contributed by atoms with Crippen molar-refractivity contribution >= 4 is 15.8 Å². The van der Waals surface area contributed by atoms with Crippen molar-refractivity contribution in [1.29, 1.82) is 0 Å². The van der Waals surface area contributed by atoms with Crippen molar-refractivity contribution in [3.63, 3.8) is 0 Å². The van der Waals surface area contributed by atoms with Crippen LogP contribution in [-0.4, -0.2) is 40.8 Å². The fourth-order valence-electron chi connectivity index (χ4n) is 2.51. The number of aromatic nitrogens is 2. The van der Waals surface area contributed by atoms with Crippen LogP contribution in [-0.2, 0) is 21.1 Å². The summed E-state index contributed by atoms with van der Waals surface area (Å²) in [6.07, 6.45) is 3.62. The Hall–Kier alpha value is -1.37. The molecule has 1 aromatic heterocycles. The summed E-state index contributed by atoms with van der Waals surface area (Å²) in [6, 6.07) is -0.114. The van der Waals surface area contributed by atoms with E-state index in [1.54, 1.807) is 10.9 Å². The van der Waals surface area contributed by atoms with E-state index < -0.39 is 15.8 Å². The predicted molar refractivity (Wildman–Crippen MR) is 69.8 cm³/mol. The van der Waals surface area contributed by atoms with Gasteiger partial charge in [-0.15, -0.1) is 0 Å². The van der Waals surface area contributed by atoms with Crippen molar-refractivity contribution in [3.05, 3.63) is 17.5 Å². The van der Waals surface area contributed by atoms with Gasteiger partial charge >= 0.3 is 5.97 Å². The molecule has 1 saturated heterocycles. The Morgan fingerprint density at radius 1 is 1.58 bits per heavy atom. The van der Waals surface area contributed by atoms with Crippen molar-refractivity contribution in [2.45, 2.75) is 38.6 Å². The molecule has 6 nitrogen and oxygen atoms in total. The van der Waals surface area contributed by atoms with Crippen LogP contribution in [0, 0.1) is 6.92 Å². The average molecular weight is 286 g/mol. The third-order valence-corrected chi connectivity index (χ3v) is 5.34. The van der Waals surface area contributed by atoms with E-state index in [9.17, 15) is 13.2 Å². The first kappa shape index (κ1) is 14.0. The largest absolute Gasteiger partial charge is 0.481 e. The zero-order chi connectivity index (χ0) is 14.0. The number of aliphatic carboxylic acids is 1. The van der Waals surface area contributed by atoms with Crippen molar-refractivity contribution < 1.29 is 18.3 Å². The van der Waals surface area contributed by atoms with Crippen LogP contribution >= 0.6 is 0 Å². The summed E-state index contributed by atoms with van der Waals surface area (Å²) < 4.78 is 25.0. The summed E-state index contributed by atoms with van der Waals surface area (Å²) in [6.45, 7) is 1.87. The van der Waals surface area contributed by atoms with Gasteiger partial charge in [-0.25, -0.2) is 8.42 Å². The second-order valence-electron chi connectivity index (χ2n) is 5.00. The summed E-state index contributed by atoms with van der Waals surface area (Å²) >= 11 is 0. The van der Waals surface area contributed by atoms with Crippen LogP contribution in [0.5, 0.6) is 0 Å². The number of carboxylic acid groups (broad SMARTS) is 1. The summed E-state index contributed by atoms with van der Waals surface area (Å²) in [5, 5.41) is 12.9. The van der Waals surface area contributed by atoms with Gasteiger partial charge in [0.1, 0.15) is 0 Å². The smallest absolute Gasteiger partial charge is 0.303 e. The number of carbonyl (C=O) groups is 1.